The molecule has 0 saturated heterocycles. The summed E-state index contributed by atoms with van der Waals surface area (Å²) in [6.07, 6.45) is 23.0. The number of benzene rings is 4. The van der Waals surface area contributed by atoms with Gasteiger partial charge in [0.05, 0.1) is 24.8 Å². The van der Waals surface area contributed by atoms with Crippen molar-refractivity contribution in [3.05, 3.63) is 132 Å². The van der Waals surface area contributed by atoms with Gasteiger partial charge in [0, 0.05) is 74.9 Å². The Hall–Kier alpha value is -6.38. The lowest BCUT2D eigenvalue weighted by atomic mass is 9.79. The lowest BCUT2D eigenvalue weighted by molar-refractivity contribution is -0.438. The van der Waals surface area contributed by atoms with Crippen molar-refractivity contribution >= 4 is 72.4 Å². The van der Waals surface area contributed by atoms with Crippen molar-refractivity contribution in [3.63, 3.8) is 0 Å². The molecule has 0 bridgehead atoms. The van der Waals surface area contributed by atoms with Crippen LogP contribution in [0.15, 0.2) is 121 Å². The van der Waals surface area contributed by atoms with Gasteiger partial charge in [-0.25, -0.2) is 0 Å². The van der Waals surface area contributed by atoms with Crippen LogP contribution in [-0.2, 0) is 45.9 Å². The molecular formula is C58H74N5O8S+. The molecule has 13 nitrogen and oxygen atoms in total. The molecule has 1 atom stereocenters. The van der Waals surface area contributed by atoms with Crippen LogP contribution in [0, 0.1) is 0 Å². The number of carbonyl (C=O) groups excluding carboxylic acids is 4. The molecule has 1 unspecified atom stereocenters. The number of ether oxygens (including phenoxy) is 1. The fourth-order valence-corrected chi connectivity index (χ4v) is 10.5. The Morgan fingerprint density at radius 1 is 0.833 bits per heavy atom. The number of unbranched alkanes of at least 4 members (excludes halogenated alkanes) is 6. The molecule has 2 aliphatic heterocycles. The normalized spacial score (nSPS) is 15.3. The predicted octanol–water partition coefficient (Wildman–Crippen LogP) is 9.81. The molecule has 3 N–H and O–H groups in total. The summed E-state index contributed by atoms with van der Waals surface area (Å²) in [6.45, 7) is 8.27. The second-order valence-electron chi connectivity index (χ2n) is 19.4. The predicted molar refractivity (Wildman–Crippen MR) is 289 cm³/mol. The van der Waals surface area contributed by atoms with Crippen LogP contribution in [0.1, 0.15) is 109 Å². The fraction of sp³-hybridized carbons (Fsp3) is 0.431. The number of nitrogens with zero attached hydrogens (tertiary/aromatic N) is 3. The number of anilines is 1. The number of nitrogens with one attached hydrogen (secondary N) is 2. The summed E-state index contributed by atoms with van der Waals surface area (Å²) in [6, 6.07) is 24.6. The number of hydrogen-bond acceptors (Lipinski definition) is 8. The Balaban J connectivity index is 1.06. The number of fused-ring (bicyclic) bond motifs is 6. The maximum atomic E-state index is 13.2. The average Bonchev–Trinajstić information content (AvgIpc) is 3.82. The van der Waals surface area contributed by atoms with Crippen molar-refractivity contribution in [1.29, 1.82) is 0 Å². The topological polar surface area (TPSA) is 165 Å². The van der Waals surface area contributed by atoms with E-state index in [2.05, 4.69) is 132 Å². The molecule has 2 aliphatic rings. The molecule has 3 amide bonds. The van der Waals surface area contributed by atoms with Crippen LogP contribution in [0.5, 0.6) is 0 Å². The Labute approximate surface area is 426 Å². The highest BCUT2D eigenvalue weighted by Gasteiger charge is 2.45. The minimum absolute atomic E-state index is 0.0217. The molecule has 0 saturated carbocycles. The Bertz CT molecular complexity index is 2840. The molecule has 384 valence electrons. The Kier molecular flexibility index (Phi) is 20.1. The SMILES string of the molecule is CCCCCCNC(=O)C(CCC(=O)OC)NC(=O)CN(C)C(=O)CCCCCN1C(=CC=CC=CC=CC2=[N+](CCCCS(=O)(=O)O)c3ccc4ccccc4c3C2(C)C)Cc2c1ccc1ccccc21. The second-order valence-corrected chi connectivity index (χ2v) is 21.0. The Morgan fingerprint density at radius 2 is 1.53 bits per heavy atom. The maximum absolute atomic E-state index is 13.2. The van der Waals surface area contributed by atoms with E-state index in [1.54, 1.807) is 7.05 Å². The largest absolute Gasteiger partial charge is 0.469 e. The summed E-state index contributed by atoms with van der Waals surface area (Å²) >= 11 is 0. The van der Waals surface area contributed by atoms with E-state index in [-0.39, 0.29) is 48.8 Å². The van der Waals surface area contributed by atoms with Crippen LogP contribution in [0.25, 0.3) is 21.5 Å². The third kappa shape index (κ3) is 14.8. The van der Waals surface area contributed by atoms with Crippen LogP contribution >= 0.6 is 0 Å². The van der Waals surface area contributed by atoms with Gasteiger partial charge in [0.2, 0.25) is 23.4 Å². The number of carbonyl (C=O) groups is 4. The first-order valence-electron chi connectivity index (χ1n) is 25.6. The van der Waals surface area contributed by atoms with Gasteiger partial charge in [-0.1, -0.05) is 118 Å². The highest BCUT2D eigenvalue weighted by molar-refractivity contribution is 7.85. The van der Waals surface area contributed by atoms with Crippen molar-refractivity contribution < 1.29 is 41.5 Å². The monoisotopic (exact) mass is 1000 g/mol. The van der Waals surface area contributed by atoms with Gasteiger partial charge in [-0.05, 0) is 91.3 Å². The zero-order valence-corrected chi connectivity index (χ0v) is 43.6. The third-order valence-electron chi connectivity index (χ3n) is 13.7. The number of allylic oxidation sites excluding steroid dienone is 8. The van der Waals surface area contributed by atoms with E-state index in [1.807, 2.05) is 24.3 Å². The lowest BCUT2D eigenvalue weighted by Gasteiger charge is -2.22. The number of amides is 3. The minimum atomic E-state index is -4.03. The molecule has 2 heterocycles. The maximum Gasteiger partial charge on any atom is 0.305 e. The second kappa shape index (κ2) is 26.4. The number of hydrogen-bond donors (Lipinski definition) is 3. The number of rotatable bonds is 27. The van der Waals surface area contributed by atoms with Crippen LogP contribution in [0.2, 0.25) is 0 Å². The summed E-state index contributed by atoms with van der Waals surface area (Å²) in [5.41, 5.74) is 6.85. The van der Waals surface area contributed by atoms with Gasteiger partial charge in [0.1, 0.15) is 12.6 Å². The average molecular weight is 1000 g/mol. The molecule has 14 heteroatoms. The molecular weight excluding hydrogens is 927 g/mol. The van der Waals surface area contributed by atoms with Crippen LogP contribution in [0.3, 0.4) is 0 Å². The smallest absolute Gasteiger partial charge is 0.305 e. The van der Waals surface area contributed by atoms with Crippen molar-refractivity contribution in [2.24, 2.45) is 0 Å². The highest BCUT2D eigenvalue weighted by atomic mass is 32.2. The lowest BCUT2D eigenvalue weighted by Crippen LogP contribution is -2.50. The van der Waals surface area contributed by atoms with Crippen LogP contribution in [-0.4, -0.2) is 104 Å². The van der Waals surface area contributed by atoms with Gasteiger partial charge in [-0.2, -0.15) is 13.0 Å². The van der Waals surface area contributed by atoms with Crippen LogP contribution in [0.4, 0.5) is 11.4 Å². The summed E-state index contributed by atoms with van der Waals surface area (Å²) < 4.78 is 39.3. The van der Waals surface area contributed by atoms with Gasteiger partial charge >= 0.3 is 5.97 Å². The van der Waals surface area contributed by atoms with Gasteiger partial charge in [0.15, 0.2) is 5.71 Å². The van der Waals surface area contributed by atoms with Gasteiger partial charge in [-0.3, -0.25) is 23.7 Å². The fourth-order valence-electron chi connectivity index (χ4n) is 9.92. The summed E-state index contributed by atoms with van der Waals surface area (Å²) in [5, 5.41) is 10.4. The van der Waals surface area contributed by atoms with E-state index in [1.165, 1.54) is 56.1 Å². The molecule has 0 spiro atoms. The first-order chi connectivity index (χ1) is 34.6. The van der Waals surface area contributed by atoms with Crippen molar-refractivity contribution in [1.82, 2.24) is 15.5 Å². The number of esters is 1. The van der Waals surface area contributed by atoms with Gasteiger partial charge < -0.3 is 25.2 Å². The molecule has 4 aromatic rings. The molecule has 0 fully saturated rings. The summed E-state index contributed by atoms with van der Waals surface area (Å²) in [4.78, 5) is 54.8. The first kappa shape index (κ1) is 54.9. The summed E-state index contributed by atoms with van der Waals surface area (Å²) in [7, 11) is -1.15. The van der Waals surface area contributed by atoms with E-state index in [9.17, 15) is 32.1 Å². The minimum Gasteiger partial charge on any atom is -0.469 e. The zero-order valence-electron chi connectivity index (χ0n) is 42.8. The highest BCUT2D eigenvalue weighted by Crippen LogP contribution is 2.44. The standard InChI is InChI=1S/C58H73N5O8S/c1-6-7-8-20-37-59-57(67)49(33-36-55(66)71-5)60-53(64)42-61(4)54(65)30-15-12-21-38-62-45(41-48-46-27-18-16-24-43(46)31-34-50(48)62)26-13-10-9-11-14-29-52-58(2,3)56-47-28-19-17-25-44(47)32-35-51(56)63(52)39-22-23-40-72(68,69)70/h9-11,13-14,16-19,24-29,31-32,34-35,49H,6-8,12,15,20-23,30,33,36-42H2,1-5H3,(H2-,59,60,64,67,68,69,70)/p+1. The van der Waals surface area contributed by atoms with E-state index in [4.69, 9.17) is 4.74 Å². The number of likely N-dealkylation sites (N-methyl/N-ethyl adjacent to an activating group) is 1. The Morgan fingerprint density at radius 3 is 2.28 bits per heavy atom. The third-order valence-corrected chi connectivity index (χ3v) is 14.5. The van der Waals surface area contributed by atoms with Crippen molar-refractivity contribution in [2.75, 3.05) is 51.0 Å². The molecule has 4 aromatic carbocycles. The van der Waals surface area contributed by atoms with E-state index in [0.29, 0.717) is 32.4 Å². The first-order valence-corrected chi connectivity index (χ1v) is 27.2. The quantitative estimate of drug-likeness (QED) is 0.0173. The van der Waals surface area contributed by atoms with Crippen molar-refractivity contribution in [3.8, 4) is 0 Å². The van der Waals surface area contributed by atoms with Crippen molar-refractivity contribution in [2.45, 2.75) is 116 Å². The van der Waals surface area contributed by atoms with E-state index in [0.717, 1.165) is 62.9 Å². The van der Waals surface area contributed by atoms with E-state index < -0.39 is 28.0 Å². The van der Waals surface area contributed by atoms with Gasteiger partial charge in [-0.15, -0.1) is 0 Å². The van der Waals surface area contributed by atoms with E-state index >= 15 is 0 Å². The zero-order chi connectivity index (χ0) is 51.7. The molecule has 0 radical (unpaired) electrons. The molecule has 0 aromatic heterocycles. The summed E-state index contributed by atoms with van der Waals surface area (Å²) in [5.74, 6) is -1.70. The van der Waals surface area contributed by atoms with Gasteiger partial charge in [0.25, 0.3) is 10.1 Å². The molecule has 72 heavy (non-hydrogen) atoms. The number of methoxy groups -OCH3 is 1. The molecule has 0 aliphatic carbocycles. The van der Waals surface area contributed by atoms with Crippen LogP contribution < -0.4 is 15.5 Å². The molecule has 6 rings (SSSR count).